The average molecular weight is 418 g/mol. The van der Waals surface area contributed by atoms with Crippen molar-refractivity contribution in [3.05, 3.63) is 83.3 Å². The zero-order valence-corrected chi connectivity index (χ0v) is 17.6. The van der Waals surface area contributed by atoms with Crippen molar-refractivity contribution in [3.63, 3.8) is 0 Å². The Balaban J connectivity index is 1.44. The molecule has 0 bridgehead atoms. The van der Waals surface area contributed by atoms with Crippen molar-refractivity contribution in [2.24, 2.45) is 0 Å². The second-order valence-electron chi connectivity index (χ2n) is 7.57. The summed E-state index contributed by atoms with van der Waals surface area (Å²) in [4.78, 5) is 16.7. The van der Waals surface area contributed by atoms with Crippen LogP contribution in [0.2, 0.25) is 0 Å². The van der Waals surface area contributed by atoms with Crippen LogP contribution in [0.4, 0.5) is 10.2 Å². The fourth-order valence-electron chi connectivity index (χ4n) is 3.50. The molecule has 158 valence electrons. The number of rotatable bonds is 6. The number of nitrogens with zero attached hydrogens (tertiary/aromatic N) is 3. The van der Waals surface area contributed by atoms with Crippen molar-refractivity contribution < 1.29 is 13.6 Å². The minimum Gasteiger partial charge on any atom is -0.441 e. The Morgan fingerprint density at radius 3 is 2.58 bits per heavy atom. The molecule has 2 aromatic heterocycles. The summed E-state index contributed by atoms with van der Waals surface area (Å²) in [5, 5.41) is 7.43. The monoisotopic (exact) mass is 418 g/mol. The fourth-order valence-corrected chi connectivity index (χ4v) is 3.50. The molecule has 1 N–H and O–H groups in total. The Kier molecular flexibility index (Phi) is 5.66. The fraction of sp³-hybridized carbons (Fsp3) is 0.208. The SMILES string of the molecule is Cc1cc(C)cc(-n2nc(C)cc2NC(=O)CCc2ncc(-c3ccccc3F)o2)c1. The van der Waals surface area contributed by atoms with E-state index in [2.05, 4.69) is 21.5 Å². The van der Waals surface area contributed by atoms with Gasteiger partial charge >= 0.3 is 0 Å². The Labute approximate surface area is 179 Å². The zero-order valence-electron chi connectivity index (χ0n) is 17.6. The summed E-state index contributed by atoms with van der Waals surface area (Å²) in [5.41, 5.74) is 4.28. The standard InChI is InChI=1S/C24H23FN4O2/c1-15-10-16(2)12-18(11-15)29-22(13-17(3)28-29)27-23(30)8-9-24-26-14-21(31-24)19-6-4-5-7-20(19)25/h4-7,10-14H,8-9H2,1-3H3,(H,27,30). The van der Waals surface area contributed by atoms with E-state index in [1.807, 2.05) is 39.0 Å². The largest absolute Gasteiger partial charge is 0.441 e. The molecule has 0 aliphatic carbocycles. The molecule has 6 nitrogen and oxygen atoms in total. The summed E-state index contributed by atoms with van der Waals surface area (Å²) in [7, 11) is 0. The van der Waals surface area contributed by atoms with Gasteiger partial charge in [-0.15, -0.1) is 0 Å². The summed E-state index contributed by atoms with van der Waals surface area (Å²) in [6, 6.07) is 14.3. The van der Waals surface area contributed by atoms with Gasteiger partial charge in [-0.1, -0.05) is 18.2 Å². The van der Waals surface area contributed by atoms with E-state index < -0.39 is 0 Å². The van der Waals surface area contributed by atoms with E-state index in [1.165, 1.54) is 12.3 Å². The van der Waals surface area contributed by atoms with Crippen LogP contribution in [0.1, 0.15) is 29.1 Å². The summed E-state index contributed by atoms with van der Waals surface area (Å²) in [6.45, 7) is 5.93. The third kappa shape index (κ3) is 4.71. The summed E-state index contributed by atoms with van der Waals surface area (Å²) >= 11 is 0. The Morgan fingerprint density at radius 2 is 1.84 bits per heavy atom. The van der Waals surface area contributed by atoms with Crippen LogP contribution in [0.15, 0.2) is 59.1 Å². The normalized spacial score (nSPS) is 11.0. The molecule has 7 heteroatoms. The Bertz CT molecular complexity index is 1220. The van der Waals surface area contributed by atoms with Crippen LogP contribution < -0.4 is 5.32 Å². The minimum absolute atomic E-state index is 0.175. The van der Waals surface area contributed by atoms with Gasteiger partial charge in [0.2, 0.25) is 5.91 Å². The van der Waals surface area contributed by atoms with E-state index in [0.29, 0.717) is 29.5 Å². The summed E-state index contributed by atoms with van der Waals surface area (Å²) in [6.07, 6.45) is 1.95. The van der Waals surface area contributed by atoms with Crippen molar-refractivity contribution in [1.29, 1.82) is 0 Å². The van der Waals surface area contributed by atoms with E-state index in [9.17, 15) is 9.18 Å². The second-order valence-corrected chi connectivity index (χ2v) is 7.57. The van der Waals surface area contributed by atoms with Crippen molar-refractivity contribution >= 4 is 11.7 Å². The third-order valence-corrected chi connectivity index (χ3v) is 4.81. The molecule has 0 saturated heterocycles. The van der Waals surface area contributed by atoms with Crippen LogP contribution in [0.25, 0.3) is 17.0 Å². The number of hydrogen-bond donors (Lipinski definition) is 1. The van der Waals surface area contributed by atoms with Gasteiger partial charge in [-0.2, -0.15) is 5.10 Å². The quantitative estimate of drug-likeness (QED) is 0.469. The van der Waals surface area contributed by atoms with Crippen LogP contribution in [0.3, 0.4) is 0 Å². The molecule has 0 atom stereocenters. The van der Waals surface area contributed by atoms with Gasteiger partial charge in [0, 0.05) is 18.9 Å². The molecule has 31 heavy (non-hydrogen) atoms. The molecule has 0 aliphatic heterocycles. The number of halogens is 1. The predicted octanol–water partition coefficient (Wildman–Crippen LogP) is 5.16. The Morgan fingerprint density at radius 1 is 1.10 bits per heavy atom. The molecule has 0 saturated carbocycles. The number of hydrogen-bond acceptors (Lipinski definition) is 4. The van der Waals surface area contributed by atoms with Crippen LogP contribution in [0, 0.1) is 26.6 Å². The van der Waals surface area contributed by atoms with Gasteiger partial charge in [-0.25, -0.2) is 14.1 Å². The third-order valence-electron chi connectivity index (χ3n) is 4.81. The van der Waals surface area contributed by atoms with Crippen molar-refractivity contribution in [2.45, 2.75) is 33.6 Å². The minimum atomic E-state index is -0.377. The molecule has 4 aromatic rings. The van der Waals surface area contributed by atoms with Gasteiger partial charge in [-0.05, 0) is 56.2 Å². The maximum atomic E-state index is 13.9. The van der Waals surface area contributed by atoms with E-state index in [0.717, 1.165) is 22.5 Å². The smallest absolute Gasteiger partial charge is 0.226 e. The van der Waals surface area contributed by atoms with Crippen LogP contribution in [-0.4, -0.2) is 20.7 Å². The predicted molar refractivity (Wildman–Crippen MR) is 117 cm³/mol. The zero-order chi connectivity index (χ0) is 22.0. The lowest BCUT2D eigenvalue weighted by Crippen LogP contribution is -2.15. The first kappa shape index (κ1) is 20.5. The number of aryl methyl sites for hydroxylation is 4. The number of carbonyl (C=O) groups excluding carboxylic acids is 1. The van der Waals surface area contributed by atoms with Gasteiger partial charge in [0.05, 0.1) is 23.1 Å². The van der Waals surface area contributed by atoms with Gasteiger partial charge < -0.3 is 9.73 Å². The maximum absolute atomic E-state index is 13.9. The number of carbonyl (C=O) groups is 1. The van der Waals surface area contributed by atoms with E-state index in [-0.39, 0.29) is 18.1 Å². The number of amides is 1. The molecule has 0 aliphatic rings. The molecule has 0 fully saturated rings. The van der Waals surface area contributed by atoms with Gasteiger partial charge in [-0.3, -0.25) is 4.79 Å². The lowest BCUT2D eigenvalue weighted by molar-refractivity contribution is -0.116. The summed E-state index contributed by atoms with van der Waals surface area (Å²) in [5.74, 6) is 0.769. The summed E-state index contributed by atoms with van der Waals surface area (Å²) < 4.78 is 21.3. The first-order valence-electron chi connectivity index (χ1n) is 10.0. The molecule has 4 rings (SSSR count). The van der Waals surface area contributed by atoms with Gasteiger partial charge in [0.15, 0.2) is 11.7 Å². The highest BCUT2D eigenvalue weighted by molar-refractivity contribution is 5.90. The van der Waals surface area contributed by atoms with Crippen molar-refractivity contribution in [1.82, 2.24) is 14.8 Å². The Hall–Kier alpha value is -3.74. The first-order chi connectivity index (χ1) is 14.9. The number of nitrogens with one attached hydrogen (secondary N) is 1. The molecular formula is C24H23FN4O2. The molecule has 0 radical (unpaired) electrons. The van der Waals surface area contributed by atoms with E-state index >= 15 is 0 Å². The highest BCUT2D eigenvalue weighted by Gasteiger charge is 2.14. The molecule has 2 aromatic carbocycles. The maximum Gasteiger partial charge on any atom is 0.226 e. The highest BCUT2D eigenvalue weighted by atomic mass is 19.1. The van der Waals surface area contributed by atoms with Crippen LogP contribution >= 0.6 is 0 Å². The average Bonchev–Trinajstić information content (AvgIpc) is 3.32. The lowest BCUT2D eigenvalue weighted by Gasteiger charge is -2.10. The molecule has 1 amide bonds. The molecule has 0 unspecified atom stereocenters. The molecule has 2 heterocycles. The highest BCUT2D eigenvalue weighted by Crippen LogP contribution is 2.24. The molecular weight excluding hydrogens is 395 g/mol. The number of oxazole rings is 1. The number of anilines is 1. The first-order valence-corrected chi connectivity index (χ1v) is 10.0. The number of benzene rings is 2. The van der Waals surface area contributed by atoms with Crippen molar-refractivity contribution in [2.75, 3.05) is 5.32 Å². The lowest BCUT2D eigenvalue weighted by atomic mass is 10.1. The van der Waals surface area contributed by atoms with E-state index in [4.69, 9.17) is 4.42 Å². The van der Waals surface area contributed by atoms with Gasteiger partial charge in [0.25, 0.3) is 0 Å². The topological polar surface area (TPSA) is 73.0 Å². The molecule has 0 spiro atoms. The van der Waals surface area contributed by atoms with Gasteiger partial charge in [0.1, 0.15) is 11.6 Å². The number of aromatic nitrogens is 3. The second kappa shape index (κ2) is 8.55. The van der Waals surface area contributed by atoms with Crippen LogP contribution in [0.5, 0.6) is 0 Å². The van der Waals surface area contributed by atoms with Crippen molar-refractivity contribution in [3.8, 4) is 17.0 Å². The van der Waals surface area contributed by atoms with E-state index in [1.54, 1.807) is 22.9 Å². The van der Waals surface area contributed by atoms with Crippen LogP contribution in [-0.2, 0) is 11.2 Å².